The van der Waals surface area contributed by atoms with E-state index in [1.165, 1.54) is 12.0 Å². The molecule has 0 saturated carbocycles. The first-order chi connectivity index (χ1) is 17.8. The van der Waals surface area contributed by atoms with Crippen molar-refractivity contribution < 1.29 is 38.4 Å². The van der Waals surface area contributed by atoms with Crippen LogP contribution in [0.1, 0.15) is 5.56 Å². The van der Waals surface area contributed by atoms with Crippen molar-refractivity contribution in [3.63, 3.8) is 0 Å². The van der Waals surface area contributed by atoms with Crippen LogP contribution < -0.4 is 25.0 Å². The number of hydrogen-bond acceptors (Lipinski definition) is 9. The van der Waals surface area contributed by atoms with Crippen LogP contribution in [0.25, 0.3) is 10.9 Å². The number of rotatable bonds is 8. The molecule has 0 spiro atoms. The second kappa shape index (κ2) is 10.2. The molecular weight excluding hydrogens is 487 g/mol. The summed E-state index contributed by atoms with van der Waals surface area (Å²) in [6, 6.07) is 9.95. The van der Waals surface area contributed by atoms with Gasteiger partial charge in [-0.2, -0.15) is 0 Å². The Morgan fingerprint density at radius 2 is 2.11 bits per heavy atom. The van der Waals surface area contributed by atoms with Crippen LogP contribution >= 0.6 is 0 Å². The number of aliphatic hydroxyl groups is 2. The van der Waals surface area contributed by atoms with Gasteiger partial charge in [0.1, 0.15) is 23.4 Å². The standard InChI is InChI=1S/C25H25FN4O7/c1-35-14-3-4-18-15(7-14)16(17(26)9-28-18)8-27-10-20(31)24(33)22-11-30(25(34)37-22)13-2-5-21-19(6-13)29-23(32)12-36-21/h2-7,9,20,22,24,27,31,33H,8,10-12H2,1H3,(H,29,32)/t20?,22-,24?/m1/s1. The van der Waals surface area contributed by atoms with Crippen LogP contribution in [0.3, 0.4) is 0 Å². The van der Waals surface area contributed by atoms with Gasteiger partial charge in [-0.3, -0.25) is 14.7 Å². The normalized spacial score (nSPS) is 18.6. The second-order valence-electron chi connectivity index (χ2n) is 8.71. The quantitative estimate of drug-likeness (QED) is 0.354. The minimum Gasteiger partial charge on any atom is -0.497 e. The lowest BCUT2D eigenvalue weighted by atomic mass is 10.1. The highest BCUT2D eigenvalue weighted by molar-refractivity contribution is 5.97. The lowest BCUT2D eigenvalue weighted by Gasteiger charge is -2.23. The number of anilines is 2. The minimum atomic E-state index is -1.40. The van der Waals surface area contributed by atoms with Crippen LogP contribution in [0.5, 0.6) is 11.5 Å². The Morgan fingerprint density at radius 1 is 1.27 bits per heavy atom. The SMILES string of the molecule is COc1ccc2ncc(F)c(CNCC(O)C(O)[C@H]3CN(c4ccc5c(c4)NC(=O)CO5)C(=O)O3)c2c1. The molecule has 1 aromatic heterocycles. The number of methoxy groups -OCH3 is 1. The first-order valence-electron chi connectivity index (χ1n) is 11.6. The summed E-state index contributed by atoms with van der Waals surface area (Å²) in [5.74, 6) is 0.204. The molecule has 37 heavy (non-hydrogen) atoms. The summed E-state index contributed by atoms with van der Waals surface area (Å²) in [5.41, 5.74) is 1.79. The minimum absolute atomic E-state index is 0.0198. The maximum Gasteiger partial charge on any atom is 0.414 e. The molecule has 194 valence electrons. The predicted octanol–water partition coefficient (Wildman–Crippen LogP) is 1.55. The number of aromatic nitrogens is 1. The second-order valence-corrected chi connectivity index (χ2v) is 8.71. The Bertz CT molecular complexity index is 1350. The lowest BCUT2D eigenvalue weighted by molar-refractivity contribution is -0.118. The number of benzene rings is 2. The van der Waals surface area contributed by atoms with E-state index in [1.807, 2.05) is 0 Å². The number of nitrogens with one attached hydrogen (secondary N) is 2. The fourth-order valence-electron chi connectivity index (χ4n) is 4.33. The van der Waals surface area contributed by atoms with Crippen LogP contribution in [-0.2, 0) is 16.1 Å². The number of carbonyl (C=O) groups is 2. The van der Waals surface area contributed by atoms with Crippen molar-refractivity contribution in [2.75, 3.05) is 37.0 Å². The number of halogens is 1. The molecule has 1 fully saturated rings. The molecule has 2 aliphatic rings. The monoisotopic (exact) mass is 512 g/mol. The summed E-state index contributed by atoms with van der Waals surface area (Å²) in [5, 5.41) is 27.4. The molecule has 3 atom stereocenters. The highest BCUT2D eigenvalue weighted by Gasteiger charge is 2.39. The molecule has 2 amide bonds. The molecule has 3 aromatic rings. The molecule has 3 heterocycles. The summed E-state index contributed by atoms with van der Waals surface area (Å²) in [4.78, 5) is 29.4. The van der Waals surface area contributed by atoms with Gasteiger partial charge in [-0.25, -0.2) is 9.18 Å². The van der Waals surface area contributed by atoms with E-state index in [-0.39, 0.29) is 32.1 Å². The molecule has 11 nitrogen and oxygen atoms in total. The summed E-state index contributed by atoms with van der Waals surface area (Å²) >= 11 is 0. The number of ether oxygens (including phenoxy) is 3. The fraction of sp³-hybridized carbons (Fsp3) is 0.320. The zero-order valence-corrected chi connectivity index (χ0v) is 19.8. The van der Waals surface area contributed by atoms with Gasteiger partial charge in [0.2, 0.25) is 0 Å². The number of fused-ring (bicyclic) bond motifs is 2. The van der Waals surface area contributed by atoms with E-state index >= 15 is 0 Å². The van der Waals surface area contributed by atoms with Crippen molar-refractivity contribution in [3.8, 4) is 11.5 Å². The smallest absolute Gasteiger partial charge is 0.414 e. The largest absolute Gasteiger partial charge is 0.497 e. The van der Waals surface area contributed by atoms with E-state index in [1.54, 1.807) is 36.4 Å². The van der Waals surface area contributed by atoms with Crippen LogP contribution in [0, 0.1) is 5.82 Å². The zero-order valence-electron chi connectivity index (χ0n) is 19.8. The van der Waals surface area contributed by atoms with E-state index in [0.29, 0.717) is 39.3 Å². The zero-order chi connectivity index (χ0) is 26.1. The van der Waals surface area contributed by atoms with E-state index in [4.69, 9.17) is 14.2 Å². The third-order valence-corrected chi connectivity index (χ3v) is 6.31. The van der Waals surface area contributed by atoms with Crippen LogP contribution in [0.4, 0.5) is 20.6 Å². The van der Waals surface area contributed by atoms with E-state index in [0.717, 1.165) is 6.20 Å². The van der Waals surface area contributed by atoms with E-state index < -0.39 is 30.2 Å². The molecule has 2 aliphatic heterocycles. The lowest BCUT2D eigenvalue weighted by Crippen LogP contribution is -2.44. The number of pyridine rings is 1. The van der Waals surface area contributed by atoms with Crippen molar-refractivity contribution in [2.45, 2.75) is 24.9 Å². The summed E-state index contributed by atoms with van der Waals surface area (Å²) in [7, 11) is 1.51. The van der Waals surface area contributed by atoms with Gasteiger partial charge < -0.3 is 35.1 Å². The van der Waals surface area contributed by atoms with Crippen LogP contribution in [0.2, 0.25) is 0 Å². The van der Waals surface area contributed by atoms with Gasteiger partial charge in [0.25, 0.3) is 5.91 Å². The van der Waals surface area contributed by atoms with Crippen LogP contribution in [-0.4, -0.2) is 72.3 Å². The predicted molar refractivity (Wildman–Crippen MR) is 130 cm³/mol. The molecule has 0 aliphatic carbocycles. The molecule has 0 bridgehead atoms. The van der Waals surface area contributed by atoms with Crippen molar-refractivity contribution in [2.24, 2.45) is 0 Å². The van der Waals surface area contributed by atoms with Crippen molar-refractivity contribution in [1.82, 2.24) is 10.3 Å². The Kier molecular flexibility index (Phi) is 6.78. The maximum atomic E-state index is 14.5. The maximum absolute atomic E-state index is 14.5. The van der Waals surface area contributed by atoms with Gasteiger partial charge in [0, 0.05) is 29.7 Å². The summed E-state index contributed by atoms with van der Waals surface area (Å²) < 4.78 is 30.3. The fourth-order valence-corrected chi connectivity index (χ4v) is 4.33. The number of amides is 2. The average molecular weight is 512 g/mol. The van der Waals surface area contributed by atoms with Gasteiger partial charge in [-0.05, 0) is 36.4 Å². The molecule has 2 aromatic carbocycles. The topological polar surface area (TPSA) is 142 Å². The first-order valence-corrected chi connectivity index (χ1v) is 11.6. The summed E-state index contributed by atoms with van der Waals surface area (Å²) in [6.07, 6.45) is -3.29. The average Bonchev–Trinajstić information content (AvgIpc) is 3.29. The Hall–Kier alpha value is -4.00. The van der Waals surface area contributed by atoms with Crippen molar-refractivity contribution >= 4 is 34.3 Å². The van der Waals surface area contributed by atoms with Gasteiger partial charge >= 0.3 is 6.09 Å². The Morgan fingerprint density at radius 3 is 2.92 bits per heavy atom. The number of nitrogens with zero attached hydrogens (tertiary/aromatic N) is 2. The highest BCUT2D eigenvalue weighted by atomic mass is 19.1. The molecule has 0 radical (unpaired) electrons. The molecule has 12 heteroatoms. The molecule has 5 rings (SSSR count). The third kappa shape index (κ3) is 4.99. The first kappa shape index (κ1) is 24.7. The molecule has 4 N–H and O–H groups in total. The van der Waals surface area contributed by atoms with Crippen molar-refractivity contribution in [3.05, 3.63) is 54.0 Å². The highest BCUT2D eigenvalue weighted by Crippen LogP contribution is 2.34. The van der Waals surface area contributed by atoms with Gasteiger partial charge in [0.15, 0.2) is 12.7 Å². The molecule has 1 saturated heterocycles. The third-order valence-electron chi connectivity index (χ3n) is 6.31. The van der Waals surface area contributed by atoms with Crippen LogP contribution in [0.15, 0.2) is 42.6 Å². The van der Waals surface area contributed by atoms with Gasteiger partial charge in [0.05, 0.1) is 37.2 Å². The Balaban J connectivity index is 1.21. The van der Waals surface area contributed by atoms with E-state index in [9.17, 15) is 24.2 Å². The number of carbonyl (C=O) groups excluding carboxylic acids is 2. The van der Waals surface area contributed by atoms with Gasteiger partial charge in [-0.15, -0.1) is 0 Å². The number of hydrogen-bond donors (Lipinski definition) is 4. The van der Waals surface area contributed by atoms with E-state index in [2.05, 4.69) is 15.6 Å². The Labute approximate surface area is 210 Å². The number of aliphatic hydroxyl groups excluding tert-OH is 2. The number of cyclic esters (lactones) is 1. The molecular formula is C25H25FN4O7. The molecule has 2 unspecified atom stereocenters. The van der Waals surface area contributed by atoms with Gasteiger partial charge in [-0.1, -0.05) is 0 Å². The summed E-state index contributed by atoms with van der Waals surface area (Å²) in [6.45, 7) is -0.142. The van der Waals surface area contributed by atoms with Crippen molar-refractivity contribution in [1.29, 1.82) is 0 Å².